The lowest BCUT2D eigenvalue weighted by Gasteiger charge is -2.16. The molecule has 0 saturated heterocycles. The van der Waals surface area contributed by atoms with Gasteiger partial charge in [0.1, 0.15) is 5.71 Å². The van der Waals surface area contributed by atoms with Gasteiger partial charge in [-0.15, -0.1) is 0 Å². The van der Waals surface area contributed by atoms with Gasteiger partial charge in [-0.2, -0.15) is 5.10 Å². The average Bonchev–Trinajstić information content (AvgIpc) is 2.38. The number of nitrogens with zero attached hydrogens (tertiary/aromatic N) is 2. The van der Waals surface area contributed by atoms with Crippen LogP contribution in [0.1, 0.15) is 19.4 Å². The zero-order valence-electron chi connectivity index (χ0n) is 11.1. The predicted octanol–water partition coefficient (Wildman–Crippen LogP) is 1.82. The van der Waals surface area contributed by atoms with Gasteiger partial charge in [-0.05, 0) is 19.5 Å². The maximum absolute atomic E-state index is 13.9. The lowest BCUT2D eigenvalue weighted by molar-refractivity contribution is 0.619. The molecule has 1 rings (SSSR count). The summed E-state index contributed by atoms with van der Waals surface area (Å²) in [6.07, 6.45) is 1.37. The highest BCUT2D eigenvalue weighted by Gasteiger charge is 2.21. The maximum atomic E-state index is 13.9. The lowest BCUT2D eigenvalue weighted by Crippen LogP contribution is -2.39. The number of rotatable bonds is 6. The van der Waals surface area contributed by atoms with E-state index in [-0.39, 0.29) is 22.5 Å². The molecular weight excluding hydrogens is 269 g/mol. The zero-order valence-corrected chi connectivity index (χ0v) is 11.8. The summed E-state index contributed by atoms with van der Waals surface area (Å²) in [5, 5.41) is 15.0. The molecule has 0 aliphatic heterocycles. The highest BCUT2D eigenvalue weighted by atomic mass is 35.5. The van der Waals surface area contributed by atoms with Gasteiger partial charge in [0, 0.05) is 18.8 Å². The van der Waals surface area contributed by atoms with Crippen LogP contribution in [0.2, 0.25) is 5.15 Å². The largest absolute Gasteiger partial charge is 0.313 e. The lowest BCUT2D eigenvalue weighted by atomic mass is 10.0. The Morgan fingerprint density at radius 3 is 2.89 bits per heavy atom. The molecule has 0 bridgehead atoms. The van der Waals surface area contributed by atoms with Crippen molar-refractivity contribution in [3.63, 3.8) is 0 Å². The minimum absolute atomic E-state index is 0.0235. The van der Waals surface area contributed by atoms with E-state index in [0.29, 0.717) is 5.71 Å². The maximum Gasteiger partial charge on any atom is 0.169 e. The average molecular weight is 286 g/mol. The Morgan fingerprint density at radius 1 is 1.63 bits per heavy atom. The van der Waals surface area contributed by atoms with E-state index in [2.05, 4.69) is 20.8 Å². The predicted molar refractivity (Wildman–Crippen MR) is 75.7 cm³/mol. The van der Waals surface area contributed by atoms with E-state index in [1.54, 1.807) is 7.05 Å². The van der Waals surface area contributed by atoms with Crippen LogP contribution in [0.15, 0.2) is 17.4 Å². The first-order valence-electron chi connectivity index (χ1n) is 5.89. The molecule has 5 nitrogen and oxygen atoms in total. The number of hydrogen-bond donors (Lipinski definition) is 3. The van der Waals surface area contributed by atoms with Crippen LogP contribution in [0.25, 0.3) is 0 Å². The SMILES string of the molecule is CCNC(C)/C(=N/NC)C(=N)c1ccnc(Cl)c1F. The quantitative estimate of drug-likeness (QED) is 0.424. The van der Waals surface area contributed by atoms with Crippen molar-refractivity contribution in [2.24, 2.45) is 5.10 Å². The first kappa shape index (κ1) is 15.5. The van der Waals surface area contributed by atoms with Gasteiger partial charge < -0.3 is 10.7 Å². The molecule has 0 radical (unpaired) electrons. The van der Waals surface area contributed by atoms with Gasteiger partial charge in [-0.25, -0.2) is 9.37 Å². The standard InChI is InChI=1S/C12H17ClFN5/c1-4-17-7(2)11(19-16-3)10(15)8-5-6-18-12(13)9(8)14/h5-7,15-17H,4H2,1-3H3/b15-10?,19-11-. The van der Waals surface area contributed by atoms with Gasteiger partial charge in [0.25, 0.3) is 0 Å². The molecule has 1 aromatic heterocycles. The molecule has 7 heteroatoms. The second-order valence-corrected chi connectivity index (χ2v) is 4.20. The Hall–Kier alpha value is -1.53. The van der Waals surface area contributed by atoms with Crippen molar-refractivity contribution in [2.75, 3.05) is 13.6 Å². The van der Waals surface area contributed by atoms with Gasteiger partial charge in [-0.1, -0.05) is 18.5 Å². The number of hydrogen-bond acceptors (Lipinski definition) is 5. The molecule has 3 N–H and O–H groups in total. The fraction of sp³-hybridized carbons (Fsp3) is 0.417. The van der Waals surface area contributed by atoms with Crippen LogP contribution in [0.3, 0.4) is 0 Å². The van der Waals surface area contributed by atoms with Crippen LogP contribution < -0.4 is 10.7 Å². The van der Waals surface area contributed by atoms with Crippen LogP contribution >= 0.6 is 11.6 Å². The third-order valence-corrected chi connectivity index (χ3v) is 2.79. The van der Waals surface area contributed by atoms with Gasteiger partial charge in [0.15, 0.2) is 11.0 Å². The van der Waals surface area contributed by atoms with Gasteiger partial charge >= 0.3 is 0 Å². The smallest absolute Gasteiger partial charge is 0.169 e. The van der Waals surface area contributed by atoms with E-state index < -0.39 is 5.82 Å². The normalized spacial score (nSPS) is 13.2. The van der Waals surface area contributed by atoms with Crippen LogP contribution in [0.5, 0.6) is 0 Å². The molecule has 1 atom stereocenters. The van der Waals surface area contributed by atoms with E-state index >= 15 is 0 Å². The van der Waals surface area contributed by atoms with Crippen molar-refractivity contribution in [1.82, 2.24) is 15.7 Å². The first-order valence-corrected chi connectivity index (χ1v) is 6.27. The van der Waals surface area contributed by atoms with E-state index in [0.717, 1.165) is 6.54 Å². The van der Waals surface area contributed by atoms with Crippen molar-refractivity contribution in [3.05, 3.63) is 28.8 Å². The fourth-order valence-electron chi connectivity index (χ4n) is 1.64. The van der Waals surface area contributed by atoms with Crippen molar-refractivity contribution >= 4 is 23.0 Å². The summed E-state index contributed by atoms with van der Waals surface area (Å²) in [6.45, 7) is 4.52. The van der Waals surface area contributed by atoms with Crippen LogP contribution in [-0.2, 0) is 0 Å². The molecule has 0 aliphatic carbocycles. The van der Waals surface area contributed by atoms with E-state index in [9.17, 15) is 4.39 Å². The summed E-state index contributed by atoms with van der Waals surface area (Å²) in [5.74, 6) is -0.707. The van der Waals surface area contributed by atoms with Gasteiger partial charge in [0.05, 0.1) is 11.8 Å². The summed E-state index contributed by atoms with van der Waals surface area (Å²) in [5.41, 5.74) is 3.09. The minimum atomic E-state index is -0.707. The Bertz CT molecular complexity index is 489. The van der Waals surface area contributed by atoms with Crippen LogP contribution in [-0.4, -0.2) is 36.0 Å². The van der Waals surface area contributed by atoms with E-state index in [1.165, 1.54) is 12.3 Å². The number of halogens is 2. The third kappa shape index (κ3) is 3.71. The van der Waals surface area contributed by atoms with Crippen molar-refractivity contribution < 1.29 is 4.39 Å². The minimum Gasteiger partial charge on any atom is -0.313 e. The van der Waals surface area contributed by atoms with Gasteiger partial charge in [-0.3, -0.25) is 5.41 Å². The molecule has 19 heavy (non-hydrogen) atoms. The fourth-order valence-corrected chi connectivity index (χ4v) is 1.80. The highest BCUT2D eigenvalue weighted by Crippen LogP contribution is 2.16. The second kappa shape index (κ2) is 7.16. The summed E-state index contributed by atoms with van der Waals surface area (Å²) < 4.78 is 13.9. The molecule has 0 aromatic carbocycles. The Balaban J connectivity index is 3.14. The highest BCUT2D eigenvalue weighted by molar-refractivity contribution is 6.49. The van der Waals surface area contributed by atoms with Crippen molar-refractivity contribution in [1.29, 1.82) is 5.41 Å². The molecule has 0 saturated carbocycles. The first-order chi connectivity index (χ1) is 9.02. The number of aromatic nitrogens is 1. The molecule has 0 amide bonds. The summed E-state index contributed by atoms with van der Waals surface area (Å²) in [6, 6.07) is 1.23. The van der Waals surface area contributed by atoms with Crippen LogP contribution in [0.4, 0.5) is 4.39 Å². The second-order valence-electron chi connectivity index (χ2n) is 3.84. The molecular formula is C12H17ClFN5. The summed E-state index contributed by atoms with van der Waals surface area (Å²) >= 11 is 5.63. The Morgan fingerprint density at radius 2 is 2.32 bits per heavy atom. The number of pyridine rings is 1. The topological polar surface area (TPSA) is 73.2 Å². The molecule has 1 unspecified atom stereocenters. The Labute approximate surface area is 116 Å². The van der Waals surface area contributed by atoms with Gasteiger partial charge in [0.2, 0.25) is 0 Å². The molecule has 0 fully saturated rings. The molecule has 1 heterocycles. The van der Waals surface area contributed by atoms with Crippen molar-refractivity contribution in [2.45, 2.75) is 19.9 Å². The van der Waals surface area contributed by atoms with Crippen LogP contribution in [0, 0.1) is 11.2 Å². The molecule has 104 valence electrons. The number of hydrazone groups is 1. The molecule has 0 aliphatic rings. The molecule has 1 aromatic rings. The number of nitrogens with one attached hydrogen (secondary N) is 3. The summed E-state index contributed by atoms with van der Waals surface area (Å²) in [7, 11) is 1.63. The van der Waals surface area contributed by atoms with Crippen molar-refractivity contribution in [3.8, 4) is 0 Å². The third-order valence-electron chi connectivity index (χ3n) is 2.52. The molecule has 0 spiro atoms. The Kier molecular flexibility index (Phi) is 5.85. The zero-order chi connectivity index (χ0) is 14.4. The summed E-state index contributed by atoms with van der Waals surface area (Å²) in [4.78, 5) is 3.63. The van der Waals surface area contributed by atoms with E-state index in [1.807, 2.05) is 13.8 Å². The van der Waals surface area contributed by atoms with E-state index in [4.69, 9.17) is 17.0 Å². The monoisotopic (exact) mass is 285 g/mol.